The molecule has 0 aromatic carbocycles. The Morgan fingerprint density at radius 2 is 2.46 bits per heavy atom. The van der Waals surface area contributed by atoms with Crippen molar-refractivity contribution in [3.63, 3.8) is 0 Å². The molecule has 0 bridgehead atoms. The molecule has 0 spiro atoms. The highest BCUT2D eigenvalue weighted by molar-refractivity contribution is 5.96. The van der Waals surface area contributed by atoms with E-state index in [4.69, 9.17) is 15.9 Å². The number of ether oxygens (including phenoxy) is 1. The molecule has 0 saturated heterocycles. The Hall–Kier alpha value is -1.65. The molecule has 0 atom stereocenters. The van der Waals surface area contributed by atoms with Gasteiger partial charge in [0.15, 0.2) is 0 Å². The van der Waals surface area contributed by atoms with Gasteiger partial charge in [-0.15, -0.1) is 5.10 Å². The lowest BCUT2D eigenvalue weighted by Gasteiger charge is -2.06. The van der Waals surface area contributed by atoms with E-state index in [0.29, 0.717) is 18.1 Å². The minimum Gasteiger partial charge on any atom is -0.476 e. The molecule has 1 rings (SSSR count). The normalized spacial score (nSPS) is 9.62. The number of nitrogens with zero attached hydrogens (tertiary/aromatic N) is 2. The Morgan fingerprint density at radius 3 is 3.08 bits per heavy atom. The van der Waals surface area contributed by atoms with E-state index in [1.165, 1.54) is 6.20 Å². The fourth-order valence-corrected chi connectivity index (χ4v) is 0.829. The summed E-state index contributed by atoms with van der Waals surface area (Å²) in [7, 11) is 0. The summed E-state index contributed by atoms with van der Waals surface area (Å²) in [5.74, 6) is 0.276. The van der Waals surface area contributed by atoms with Crippen molar-refractivity contribution in [2.24, 2.45) is 5.73 Å². The third kappa shape index (κ3) is 2.40. The van der Waals surface area contributed by atoms with Crippen LogP contribution in [0.2, 0.25) is 0 Å². The van der Waals surface area contributed by atoms with Crippen LogP contribution in [0.3, 0.4) is 0 Å². The van der Waals surface area contributed by atoms with Crippen LogP contribution in [0.4, 0.5) is 0 Å². The smallest absolute Gasteiger partial charge is 0.244 e. The van der Waals surface area contributed by atoms with Crippen molar-refractivity contribution in [2.45, 2.75) is 13.3 Å². The first-order valence-electron chi connectivity index (χ1n) is 4.04. The zero-order chi connectivity index (χ0) is 9.68. The number of nitrogens with one attached hydrogen (secondary N) is 1. The Labute approximate surface area is 76.4 Å². The third-order valence-electron chi connectivity index (χ3n) is 1.42. The van der Waals surface area contributed by atoms with Crippen molar-refractivity contribution < 1.29 is 4.74 Å². The van der Waals surface area contributed by atoms with E-state index >= 15 is 0 Å². The molecule has 13 heavy (non-hydrogen) atoms. The summed E-state index contributed by atoms with van der Waals surface area (Å²) in [6, 6.07) is 1.61. The van der Waals surface area contributed by atoms with E-state index < -0.39 is 0 Å². The molecule has 1 heterocycles. The Morgan fingerprint density at radius 1 is 1.69 bits per heavy atom. The highest BCUT2D eigenvalue weighted by Gasteiger charge is 2.06. The second-order valence-electron chi connectivity index (χ2n) is 2.51. The first-order chi connectivity index (χ1) is 6.25. The lowest BCUT2D eigenvalue weighted by Crippen LogP contribution is -2.14. The molecule has 0 unspecified atom stereocenters. The molecule has 70 valence electrons. The van der Waals surface area contributed by atoms with Gasteiger partial charge in [0.05, 0.1) is 18.4 Å². The first-order valence-corrected chi connectivity index (χ1v) is 4.04. The topological polar surface area (TPSA) is 84.9 Å². The van der Waals surface area contributed by atoms with Crippen molar-refractivity contribution in [3.05, 3.63) is 17.8 Å². The van der Waals surface area contributed by atoms with E-state index in [0.717, 1.165) is 6.42 Å². The van der Waals surface area contributed by atoms with Gasteiger partial charge in [0.2, 0.25) is 5.88 Å². The largest absolute Gasteiger partial charge is 0.476 e. The zero-order valence-corrected chi connectivity index (χ0v) is 7.45. The molecule has 0 fully saturated rings. The summed E-state index contributed by atoms with van der Waals surface area (Å²) in [5.41, 5.74) is 5.81. The van der Waals surface area contributed by atoms with Gasteiger partial charge in [0.1, 0.15) is 5.84 Å². The van der Waals surface area contributed by atoms with Crippen molar-refractivity contribution in [2.75, 3.05) is 6.61 Å². The van der Waals surface area contributed by atoms with Gasteiger partial charge in [0.25, 0.3) is 0 Å². The molecule has 5 heteroatoms. The van der Waals surface area contributed by atoms with Crippen molar-refractivity contribution in [1.29, 1.82) is 5.41 Å². The number of hydrogen-bond acceptors (Lipinski definition) is 4. The maximum absolute atomic E-state index is 7.24. The van der Waals surface area contributed by atoms with Crippen LogP contribution in [-0.4, -0.2) is 22.6 Å². The zero-order valence-electron chi connectivity index (χ0n) is 7.45. The van der Waals surface area contributed by atoms with Crippen molar-refractivity contribution in [3.8, 4) is 5.88 Å². The minimum absolute atomic E-state index is 0.0546. The predicted molar refractivity (Wildman–Crippen MR) is 48.8 cm³/mol. The molecule has 1 aromatic heterocycles. The van der Waals surface area contributed by atoms with Gasteiger partial charge in [-0.3, -0.25) is 5.41 Å². The Bertz CT molecular complexity index is 300. The van der Waals surface area contributed by atoms with E-state index in [1.54, 1.807) is 6.07 Å². The predicted octanol–water partition coefficient (Wildman–Crippen LogP) is 0.549. The standard InChI is InChI=1S/C8H12N4O/c1-2-5-13-8-6(7(9)10)3-4-11-12-8/h3-4H,2,5H2,1H3,(H3,9,10). The third-order valence-corrected chi connectivity index (χ3v) is 1.42. The van der Waals surface area contributed by atoms with E-state index in [-0.39, 0.29) is 5.84 Å². The highest BCUT2D eigenvalue weighted by Crippen LogP contribution is 2.11. The van der Waals surface area contributed by atoms with Gasteiger partial charge in [0, 0.05) is 0 Å². The molecular weight excluding hydrogens is 168 g/mol. The maximum Gasteiger partial charge on any atom is 0.244 e. The SMILES string of the molecule is CCCOc1nnccc1C(=N)N. The second kappa shape index (κ2) is 4.39. The van der Waals surface area contributed by atoms with Crippen LogP contribution in [0.25, 0.3) is 0 Å². The lowest BCUT2D eigenvalue weighted by molar-refractivity contribution is 0.301. The van der Waals surface area contributed by atoms with Gasteiger partial charge in [-0.1, -0.05) is 6.92 Å². The Balaban J connectivity index is 2.84. The molecule has 0 aliphatic heterocycles. The summed E-state index contributed by atoms with van der Waals surface area (Å²) >= 11 is 0. The number of hydrogen-bond donors (Lipinski definition) is 2. The van der Waals surface area contributed by atoms with E-state index in [2.05, 4.69) is 10.2 Å². The fourth-order valence-electron chi connectivity index (χ4n) is 0.829. The van der Waals surface area contributed by atoms with E-state index in [1.807, 2.05) is 6.92 Å². The summed E-state index contributed by atoms with van der Waals surface area (Å²) in [6.45, 7) is 2.54. The summed E-state index contributed by atoms with van der Waals surface area (Å²) in [5, 5.41) is 14.6. The van der Waals surface area contributed by atoms with Gasteiger partial charge < -0.3 is 10.5 Å². The van der Waals surface area contributed by atoms with Crippen molar-refractivity contribution >= 4 is 5.84 Å². The Kier molecular flexibility index (Phi) is 3.19. The summed E-state index contributed by atoms with van der Waals surface area (Å²) < 4.78 is 5.25. The van der Waals surface area contributed by atoms with Crippen LogP contribution >= 0.6 is 0 Å². The average Bonchev–Trinajstić information content (AvgIpc) is 2.15. The molecule has 3 N–H and O–H groups in total. The van der Waals surface area contributed by atoms with Gasteiger partial charge >= 0.3 is 0 Å². The van der Waals surface area contributed by atoms with Gasteiger partial charge in [-0.2, -0.15) is 5.10 Å². The molecule has 0 aliphatic rings. The number of aromatic nitrogens is 2. The van der Waals surface area contributed by atoms with Gasteiger partial charge in [-0.05, 0) is 12.5 Å². The van der Waals surface area contributed by atoms with Crippen LogP contribution in [0.15, 0.2) is 12.3 Å². The second-order valence-corrected chi connectivity index (χ2v) is 2.51. The maximum atomic E-state index is 7.24. The molecule has 5 nitrogen and oxygen atoms in total. The van der Waals surface area contributed by atoms with Crippen LogP contribution in [0, 0.1) is 5.41 Å². The first kappa shape index (κ1) is 9.44. The quantitative estimate of drug-likeness (QED) is 0.523. The molecule has 1 aromatic rings. The number of amidine groups is 1. The summed E-state index contributed by atoms with van der Waals surface area (Å²) in [4.78, 5) is 0. The van der Waals surface area contributed by atoms with Crippen LogP contribution in [-0.2, 0) is 0 Å². The molecule has 0 aliphatic carbocycles. The molecule has 0 radical (unpaired) electrons. The monoisotopic (exact) mass is 180 g/mol. The number of nitrogens with two attached hydrogens (primary N) is 1. The van der Waals surface area contributed by atoms with E-state index in [9.17, 15) is 0 Å². The molecule has 0 amide bonds. The van der Waals surface area contributed by atoms with Crippen LogP contribution in [0.1, 0.15) is 18.9 Å². The average molecular weight is 180 g/mol. The molecular formula is C8H12N4O. The van der Waals surface area contributed by atoms with Crippen molar-refractivity contribution in [1.82, 2.24) is 10.2 Å². The summed E-state index contributed by atoms with van der Waals surface area (Å²) in [6.07, 6.45) is 2.36. The molecule has 0 saturated carbocycles. The van der Waals surface area contributed by atoms with Crippen LogP contribution < -0.4 is 10.5 Å². The lowest BCUT2D eigenvalue weighted by atomic mass is 10.3. The van der Waals surface area contributed by atoms with Crippen LogP contribution in [0.5, 0.6) is 5.88 Å². The minimum atomic E-state index is -0.0546. The van der Waals surface area contributed by atoms with Gasteiger partial charge in [-0.25, -0.2) is 0 Å². The number of rotatable bonds is 4. The number of nitrogen functional groups attached to an aromatic ring is 1. The highest BCUT2D eigenvalue weighted by atomic mass is 16.5. The fraction of sp³-hybridized carbons (Fsp3) is 0.375.